The van der Waals surface area contributed by atoms with Crippen LogP contribution in [-0.4, -0.2) is 31.5 Å². The zero-order valence-corrected chi connectivity index (χ0v) is 10.5. The van der Waals surface area contributed by atoms with Gasteiger partial charge in [0.2, 0.25) is 5.91 Å². The Morgan fingerprint density at radius 2 is 2.12 bits per heavy atom. The van der Waals surface area contributed by atoms with Gasteiger partial charge in [-0.1, -0.05) is 13.3 Å². The van der Waals surface area contributed by atoms with Gasteiger partial charge >= 0.3 is 0 Å². The molecule has 1 rings (SSSR count). The molecular weight excluding hydrogens is 206 g/mol. The first-order valence-corrected chi connectivity index (χ1v) is 6.13. The van der Waals surface area contributed by atoms with Crippen LogP contribution in [0.25, 0.3) is 0 Å². The Morgan fingerprint density at radius 1 is 1.38 bits per heavy atom. The zero-order chi connectivity index (χ0) is 12.0. The van der Waals surface area contributed by atoms with Gasteiger partial charge in [-0.05, 0) is 25.7 Å². The molecule has 0 radical (unpaired) electrons. The average Bonchev–Trinajstić information content (AvgIpc) is 2.60. The summed E-state index contributed by atoms with van der Waals surface area (Å²) in [4.78, 5) is 11.0. The van der Waals surface area contributed by atoms with Crippen molar-refractivity contribution in [1.82, 2.24) is 5.32 Å². The summed E-state index contributed by atoms with van der Waals surface area (Å²) < 4.78 is 10.9. The first-order valence-electron chi connectivity index (χ1n) is 6.13. The van der Waals surface area contributed by atoms with Crippen LogP contribution in [0.1, 0.15) is 40.0 Å². The highest BCUT2D eigenvalue weighted by atomic mass is 16.7. The van der Waals surface area contributed by atoms with Gasteiger partial charge in [0.15, 0.2) is 0 Å². The lowest BCUT2D eigenvalue weighted by Gasteiger charge is -2.17. The van der Waals surface area contributed by atoms with E-state index in [9.17, 15) is 4.79 Å². The maximum absolute atomic E-state index is 11.0. The second-order valence-corrected chi connectivity index (χ2v) is 4.35. The Morgan fingerprint density at radius 3 is 2.69 bits per heavy atom. The van der Waals surface area contributed by atoms with Crippen molar-refractivity contribution in [2.75, 3.05) is 13.4 Å². The predicted octanol–water partition coefficient (Wildman–Crippen LogP) is 1.69. The Kier molecular flexibility index (Phi) is 5.77. The fourth-order valence-electron chi connectivity index (χ4n) is 2.34. The van der Waals surface area contributed by atoms with Crippen molar-refractivity contribution in [3.63, 3.8) is 0 Å². The SMILES string of the molecule is CCOCO[C@H]1C[C@@H](NC(C)=O)C[C@H]1CC. The van der Waals surface area contributed by atoms with Gasteiger partial charge in [-0.3, -0.25) is 4.79 Å². The summed E-state index contributed by atoms with van der Waals surface area (Å²) in [6, 6.07) is 0.272. The fraction of sp³-hybridized carbons (Fsp3) is 0.917. The van der Waals surface area contributed by atoms with Crippen molar-refractivity contribution in [1.29, 1.82) is 0 Å². The lowest BCUT2D eigenvalue weighted by Crippen LogP contribution is -2.31. The highest BCUT2D eigenvalue weighted by Gasteiger charge is 2.34. The molecule has 0 heterocycles. The lowest BCUT2D eigenvalue weighted by molar-refractivity contribution is -0.119. The molecule has 4 nitrogen and oxygen atoms in total. The third-order valence-corrected chi connectivity index (χ3v) is 3.13. The van der Waals surface area contributed by atoms with Gasteiger partial charge in [-0.25, -0.2) is 0 Å². The third-order valence-electron chi connectivity index (χ3n) is 3.13. The van der Waals surface area contributed by atoms with Crippen LogP contribution >= 0.6 is 0 Å². The standard InChI is InChI=1S/C12H23NO3/c1-4-10-6-11(13-9(3)14)7-12(10)16-8-15-5-2/h10-12H,4-8H2,1-3H3,(H,13,14)/t10-,11+,12+/m1/s1. The maximum Gasteiger partial charge on any atom is 0.217 e. The van der Waals surface area contributed by atoms with E-state index < -0.39 is 0 Å². The average molecular weight is 229 g/mol. The van der Waals surface area contributed by atoms with E-state index in [1.54, 1.807) is 6.92 Å². The summed E-state index contributed by atoms with van der Waals surface area (Å²) in [6.45, 7) is 6.73. The van der Waals surface area contributed by atoms with E-state index in [1.165, 1.54) is 0 Å². The van der Waals surface area contributed by atoms with E-state index in [0.29, 0.717) is 19.3 Å². The molecular formula is C12H23NO3. The molecule has 0 aromatic heterocycles. The molecule has 4 heteroatoms. The van der Waals surface area contributed by atoms with Crippen LogP contribution in [0.5, 0.6) is 0 Å². The first kappa shape index (κ1) is 13.5. The summed E-state index contributed by atoms with van der Waals surface area (Å²) in [5, 5.41) is 2.97. The Balaban J connectivity index is 2.35. The molecule has 1 amide bonds. The van der Waals surface area contributed by atoms with Crippen LogP contribution in [0.3, 0.4) is 0 Å². The minimum absolute atomic E-state index is 0.0466. The van der Waals surface area contributed by atoms with Crippen molar-refractivity contribution in [3.8, 4) is 0 Å². The van der Waals surface area contributed by atoms with Gasteiger partial charge < -0.3 is 14.8 Å². The predicted molar refractivity (Wildman–Crippen MR) is 62.0 cm³/mol. The second-order valence-electron chi connectivity index (χ2n) is 4.35. The molecule has 0 aromatic rings. The topological polar surface area (TPSA) is 47.6 Å². The molecule has 3 atom stereocenters. The second kappa shape index (κ2) is 6.86. The van der Waals surface area contributed by atoms with Gasteiger partial charge in [0.25, 0.3) is 0 Å². The van der Waals surface area contributed by atoms with Gasteiger partial charge in [0.05, 0.1) is 6.10 Å². The molecule has 1 fully saturated rings. The number of carbonyl (C=O) groups excluding carboxylic acids is 1. The van der Waals surface area contributed by atoms with Crippen molar-refractivity contribution in [2.45, 2.75) is 52.2 Å². The van der Waals surface area contributed by atoms with Gasteiger partial charge in [0, 0.05) is 19.6 Å². The zero-order valence-electron chi connectivity index (χ0n) is 10.5. The van der Waals surface area contributed by atoms with Crippen molar-refractivity contribution >= 4 is 5.91 Å². The van der Waals surface area contributed by atoms with Crippen LogP contribution in [0, 0.1) is 5.92 Å². The summed E-state index contributed by atoms with van der Waals surface area (Å²) >= 11 is 0. The number of ether oxygens (including phenoxy) is 2. The van der Waals surface area contributed by atoms with Crippen LogP contribution in [0.15, 0.2) is 0 Å². The minimum Gasteiger partial charge on any atom is -0.356 e. The minimum atomic E-state index is 0.0466. The number of hydrogen-bond acceptors (Lipinski definition) is 3. The molecule has 16 heavy (non-hydrogen) atoms. The molecule has 94 valence electrons. The normalized spacial score (nSPS) is 29.3. The van der Waals surface area contributed by atoms with Crippen LogP contribution in [-0.2, 0) is 14.3 Å². The smallest absolute Gasteiger partial charge is 0.217 e. The number of amides is 1. The number of rotatable bonds is 6. The van der Waals surface area contributed by atoms with Crippen LogP contribution in [0.4, 0.5) is 0 Å². The Labute approximate surface area is 97.7 Å². The largest absolute Gasteiger partial charge is 0.356 e. The number of hydrogen-bond donors (Lipinski definition) is 1. The van der Waals surface area contributed by atoms with E-state index in [4.69, 9.17) is 9.47 Å². The molecule has 0 unspecified atom stereocenters. The van der Waals surface area contributed by atoms with Crippen molar-refractivity contribution in [2.24, 2.45) is 5.92 Å². The molecule has 0 aliphatic heterocycles. The Hall–Kier alpha value is -0.610. The first-order chi connectivity index (χ1) is 7.67. The summed E-state index contributed by atoms with van der Waals surface area (Å²) in [6.07, 6.45) is 3.25. The van der Waals surface area contributed by atoms with Crippen molar-refractivity contribution < 1.29 is 14.3 Å². The summed E-state index contributed by atoms with van der Waals surface area (Å²) in [7, 11) is 0. The summed E-state index contributed by atoms with van der Waals surface area (Å²) in [5.74, 6) is 0.586. The molecule has 0 saturated heterocycles. The quantitative estimate of drug-likeness (QED) is 0.557. The monoisotopic (exact) mass is 229 g/mol. The third kappa shape index (κ3) is 4.10. The van der Waals surface area contributed by atoms with Gasteiger partial charge in [-0.2, -0.15) is 0 Å². The van der Waals surface area contributed by atoms with Gasteiger partial charge in [-0.15, -0.1) is 0 Å². The van der Waals surface area contributed by atoms with Crippen LogP contribution in [0.2, 0.25) is 0 Å². The fourth-order valence-corrected chi connectivity index (χ4v) is 2.34. The van der Waals surface area contributed by atoms with E-state index in [2.05, 4.69) is 12.2 Å². The van der Waals surface area contributed by atoms with Crippen LogP contribution < -0.4 is 5.32 Å². The highest BCUT2D eigenvalue weighted by molar-refractivity contribution is 5.73. The van der Waals surface area contributed by atoms with Crippen molar-refractivity contribution in [3.05, 3.63) is 0 Å². The molecule has 1 aliphatic carbocycles. The molecule has 1 saturated carbocycles. The van der Waals surface area contributed by atoms with Gasteiger partial charge in [0.1, 0.15) is 6.79 Å². The maximum atomic E-state index is 11.0. The molecule has 0 bridgehead atoms. The molecule has 1 aliphatic rings. The number of carbonyl (C=O) groups is 1. The molecule has 0 spiro atoms. The molecule has 0 aromatic carbocycles. The Bertz CT molecular complexity index is 220. The lowest BCUT2D eigenvalue weighted by atomic mass is 10.0. The highest BCUT2D eigenvalue weighted by Crippen LogP contribution is 2.31. The van der Waals surface area contributed by atoms with E-state index in [0.717, 1.165) is 19.3 Å². The summed E-state index contributed by atoms with van der Waals surface area (Å²) in [5.41, 5.74) is 0. The van der Waals surface area contributed by atoms with E-state index in [1.807, 2.05) is 6.92 Å². The number of nitrogens with one attached hydrogen (secondary N) is 1. The van der Waals surface area contributed by atoms with E-state index in [-0.39, 0.29) is 18.1 Å². The van der Waals surface area contributed by atoms with E-state index >= 15 is 0 Å². The molecule has 1 N–H and O–H groups in total.